The normalized spacial score (nSPS) is 17.5. The molecule has 1 fully saturated rings. The predicted octanol–water partition coefficient (Wildman–Crippen LogP) is 3.33. The zero-order valence-electron chi connectivity index (χ0n) is 16.0. The molecule has 2 amide bonds. The molecule has 1 saturated heterocycles. The lowest BCUT2D eigenvalue weighted by Crippen LogP contribution is -2.43. The Labute approximate surface area is 151 Å². The van der Waals surface area contributed by atoms with Gasteiger partial charge in [-0.15, -0.1) is 0 Å². The van der Waals surface area contributed by atoms with Gasteiger partial charge in [-0.2, -0.15) is 0 Å². The lowest BCUT2D eigenvalue weighted by Gasteiger charge is -2.31. The quantitative estimate of drug-likeness (QED) is 0.739. The molecule has 2 rings (SSSR count). The second kappa shape index (κ2) is 9.20. The molecule has 0 saturated carbocycles. The number of hydrogen-bond acceptors (Lipinski definition) is 3. The Bertz CT molecular complexity index is 566. The minimum absolute atomic E-state index is 0.262. The van der Waals surface area contributed by atoms with Crippen molar-refractivity contribution in [2.45, 2.75) is 52.6 Å². The molecule has 1 aromatic carbocycles. The lowest BCUT2D eigenvalue weighted by atomic mass is 9.98. The molecule has 3 N–H and O–H groups in total. The zero-order valence-corrected chi connectivity index (χ0v) is 16.0. The molecule has 0 aromatic heterocycles. The molecule has 25 heavy (non-hydrogen) atoms. The molecule has 1 atom stereocenters. The van der Waals surface area contributed by atoms with Crippen LogP contribution in [-0.4, -0.2) is 48.3 Å². The second-order valence-electron chi connectivity index (χ2n) is 7.67. The molecule has 0 bridgehead atoms. The van der Waals surface area contributed by atoms with E-state index in [0.29, 0.717) is 12.5 Å². The first kappa shape index (κ1) is 19.7. The Kier molecular flexibility index (Phi) is 7.26. The number of β-amino-alcohol motifs (C(OH)–C–C–N with tert-alkyl or cyclic N) is 1. The van der Waals surface area contributed by atoms with Gasteiger partial charge in [0.25, 0.3) is 0 Å². The zero-order chi connectivity index (χ0) is 18.4. The standard InChI is InChI=1S/C20H33N3O2/c1-14(2)18-7-5-6-16(4)19(18)22-20(25)21-12-17(24)13-23-10-8-15(3)9-11-23/h5-7,14-15,17,24H,8-13H2,1-4H3,(H2,21,22,25). The fourth-order valence-corrected chi connectivity index (χ4v) is 3.32. The molecule has 0 aliphatic carbocycles. The largest absolute Gasteiger partial charge is 0.390 e. The highest BCUT2D eigenvalue weighted by molar-refractivity contribution is 5.91. The van der Waals surface area contributed by atoms with Crippen molar-refractivity contribution < 1.29 is 9.90 Å². The van der Waals surface area contributed by atoms with Gasteiger partial charge >= 0.3 is 6.03 Å². The molecule has 5 nitrogen and oxygen atoms in total. The number of amides is 2. The number of urea groups is 1. The van der Waals surface area contributed by atoms with Crippen LogP contribution in [-0.2, 0) is 0 Å². The van der Waals surface area contributed by atoms with Crippen LogP contribution in [0.4, 0.5) is 10.5 Å². The molecule has 5 heteroatoms. The van der Waals surface area contributed by atoms with Crippen molar-refractivity contribution in [3.05, 3.63) is 29.3 Å². The lowest BCUT2D eigenvalue weighted by molar-refractivity contribution is 0.0924. The number of nitrogens with one attached hydrogen (secondary N) is 2. The van der Waals surface area contributed by atoms with Gasteiger partial charge in [0.05, 0.1) is 6.10 Å². The number of carbonyl (C=O) groups excluding carboxylic acids is 1. The van der Waals surface area contributed by atoms with Gasteiger partial charge in [0.1, 0.15) is 0 Å². The number of aliphatic hydroxyl groups is 1. The Hall–Kier alpha value is -1.59. The van der Waals surface area contributed by atoms with Crippen molar-refractivity contribution in [3.63, 3.8) is 0 Å². The molecule has 1 unspecified atom stereocenters. The van der Waals surface area contributed by atoms with Crippen LogP contribution in [0.25, 0.3) is 0 Å². The number of nitrogens with zero attached hydrogens (tertiary/aromatic N) is 1. The Balaban J connectivity index is 1.81. The Morgan fingerprint density at radius 2 is 2.00 bits per heavy atom. The van der Waals surface area contributed by atoms with Crippen molar-refractivity contribution in [3.8, 4) is 0 Å². The van der Waals surface area contributed by atoms with E-state index in [1.165, 1.54) is 12.8 Å². The van der Waals surface area contributed by atoms with Gasteiger partial charge in [0.15, 0.2) is 0 Å². The molecular formula is C20H33N3O2. The van der Waals surface area contributed by atoms with E-state index < -0.39 is 6.10 Å². The highest BCUT2D eigenvalue weighted by Crippen LogP contribution is 2.27. The van der Waals surface area contributed by atoms with Crippen molar-refractivity contribution in [1.82, 2.24) is 10.2 Å². The van der Waals surface area contributed by atoms with Gasteiger partial charge < -0.3 is 20.6 Å². The van der Waals surface area contributed by atoms with E-state index in [0.717, 1.165) is 35.8 Å². The van der Waals surface area contributed by atoms with Crippen LogP contribution in [0.2, 0.25) is 0 Å². The SMILES string of the molecule is Cc1cccc(C(C)C)c1NC(=O)NCC(O)CN1CCC(C)CC1. The number of aryl methyl sites for hydroxylation is 1. The van der Waals surface area contributed by atoms with Crippen LogP contribution in [0.15, 0.2) is 18.2 Å². The van der Waals surface area contributed by atoms with Crippen molar-refractivity contribution >= 4 is 11.7 Å². The fraction of sp³-hybridized carbons (Fsp3) is 0.650. The van der Waals surface area contributed by atoms with E-state index in [-0.39, 0.29) is 12.6 Å². The first-order chi connectivity index (χ1) is 11.9. The van der Waals surface area contributed by atoms with E-state index in [1.54, 1.807) is 0 Å². The minimum atomic E-state index is -0.541. The third kappa shape index (κ3) is 6.01. The maximum Gasteiger partial charge on any atom is 0.319 e. The average molecular weight is 348 g/mol. The van der Waals surface area contributed by atoms with E-state index in [2.05, 4.69) is 36.3 Å². The summed E-state index contributed by atoms with van der Waals surface area (Å²) in [6, 6.07) is 5.78. The number of carbonyl (C=O) groups is 1. The summed E-state index contributed by atoms with van der Waals surface area (Å²) in [5.41, 5.74) is 3.04. The number of rotatable bonds is 6. The molecule has 0 spiro atoms. The summed E-state index contributed by atoms with van der Waals surface area (Å²) < 4.78 is 0. The molecule has 1 aromatic rings. The van der Waals surface area contributed by atoms with E-state index >= 15 is 0 Å². The van der Waals surface area contributed by atoms with Crippen LogP contribution >= 0.6 is 0 Å². The minimum Gasteiger partial charge on any atom is -0.390 e. The number of para-hydroxylation sites is 1. The maximum absolute atomic E-state index is 12.2. The molecule has 0 radical (unpaired) electrons. The second-order valence-corrected chi connectivity index (χ2v) is 7.67. The number of likely N-dealkylation sites (tertiary alicyclic amines) is 1. The van der Waals surface area contributed by atoms with Crippen LogP contribution in [0.1, 0.15) is 50.7 Å². The summed E-state index contributed by atoms with van der Waals surface area (Å²) >= 11 is 0. The summed E-state index contributed by atoms with van der Waals surface area (Å²) in [5, 5.41) is 15.9. The first-order valence-electron chi connectivity index (χ1n) is 9.41. The average Bonchev–Trinajstić information content (AvgIpc) is 2.56. The van der Waals surface area contributed by atoms with Gasteiger partial charge in [-0.1, -0.05) is 39.0 Å². The van der Waals surface area contributed by atoms with Gasteiger partial charge in [-0.25, -0.2) is 4.79 Å². The van der Waals surface area contributed by atoms with E-state index in [4.69, 9.17) is 0 Å². The van der Waals surface area contributed by atoms with Crippen molar-refractivity contribution in [1.29, 1.82) is 0 Å². The summed E-state index contributed by atoms with van der Waals surface area (Å²) in [5.74, 6) is 1.11. The van der Waals surface area contributed by atoms with E-state index in [9.17, 15) is 9.90 Å². The maximum atomic E-state index is 12.2. The number of hydrogen-bond donors (Lipinski definition) is 3. The monoisotopic (exact) mass is 347 g/mol. The highest BCUT2D eigenvalue weighted by atomic mass is 16.3. The third-order valence-electron chi connectivity index (χ3n) is 5.01. The number of aliphatic hydroxyl groups excluding tert-OH is 1. The Morgan fingerprint density at radius 3 is 2.64 bits per heavy atom. The molecule has 140 valence electrons. The fourth-order valence-electron chi connectivity index (χ4n) is 3.32. The molecular weight excluding hydrogens is 314 g/mol. The van der Waals surface area contributed by atoms with Crippen LogP contribution in [0.5, 0.6) is 0 Å². The van der Waals surface area contributed by atoms with Crippen molar-refractivity contribution in [2.75, 3.05) is 31.5 Å². The molecule has 1 aliphatic heterocycles. The summed E-state index contributed by atoms with van der Waals surface area (Å²) in [7, 11) is 0. The van der Waals surface area contributed by atoms with Crippen LogP contribution in [0.3, 0.4) is 0 Å². The highest BCUT2D eigenvalue weighted by Gasteiger charge is 2.19. The summed E-state index contributed by atoms with van der Waals surface area (Å²) in [4.78, 5) is 14.5. The van der Waals surface area contributed by atoms with Gasteiger partial charge in [-0.05, 0) is 55.8 Å². The molecule has 1 aliphatic rings. The number of anilines is 1. The predicted molar refractivity (Wildman–Crippen MR) is 103 cm³/mol. The van der Waals surface area contributed by atoms with Crippen LogP contribution in [0, 0.1) is 12.8 Å². The summed E-state index contributed by atoms with van der Waals surface area (Å²) in [6.45, 7) is 11.4. The first-order valence-corrected chi connectivity index (χ1v) is 9.41. The topological polar surface area (TPSA) is 64.6 Å². The molecule has 1 heterocycles. The third-order valence-corrected chi connectivity index (χ3v) is 5.01. The van der Waals surface area contributed by atoms with Gasteiger partial charge in [0.2, 0.25) is 0 Å². The smallest absolute Gasteiger partial charge is 0.319 e. The number of piperidine rings is 1. The Morgan fingerprint density at radius 1 is 1.32 bits per heavy atom. The van der Waals surface area contributed by atoms with Crippen molar-refractivity contribution in [2.24, 2.45) is 5.92 Å². The summed E-state index contributed by atoms with van der Waals surface area (Å²) in [6.07, 6.45) is 1.83. The van der Waals surface area contributed by atoms with Gasteiger partial charge in [0, 0.05) is 18.8 Å². The van der Waals surface area contributed by atoms with E-state index in [1.807, 2.05) is 25.1 Å². The number of benzene rings is 1. The van der Waals surface area contributed by atoms with Crippen LogP contribution < -0.4 is 10.6 Å². The van der Waals surface area contributed by atoms with Gasteiger partial charge in [-0.3, -0.25) is 0 Å².